The molecule has 126 heavy (non-hydrogen) atoms. The number of ether oxygens (including phenoxy) is 4. The third-order valence-electron chi connectivity index (χ3n) is 23.0. The van der Waals surface area contributed by atoms with E-state index in [1.54, 1.807) is 51.3 Å². The summed E-state index contributed by atoms with van der Waals surface area (Å²) in [6, 6.07) is 33.5. The normalized spacial score (nSPS) is 19.2. The second-order valence-electron chi connectivity index (χ2n) is 39.7. The largest absolute Gasteiger partial charge is 0.445 e. The van der Waals surface area contributed by atoms with Gasteiger partial charge in [0.2, 0.25) is 35.4 Å². The third kappa shape index (κ3) is 35.0. The van der Waals surface area contributed by atoms with Crippen LogP contribution in [0.2, 0.25) is 0 Å². The zero-order chi connectivity index (χ0) is 92.7. The van der Waals surface area contributed by atoms with Crippen molar-refractivity contribution in [3.8, 4) is 0 Å². The van der Waals surface area contributed by atoms with Gasteiger partial charge >= 0.3 is 24.4 Å². The molecule has 4 aromatic carbocycles. The van der Waals surface area contributed by atoms with Crippen molar-refractivity contribution in [3.05, 3.63) is 168 Å². The Morgan fingerprint density at radius 3 is 1.04 bits per heavy atom. The number of carbonyl (C=O) groups excluding carboxylic acids is 10. The summed E-state index contributed by atoms with van der Waals surface area (Å²) in [5.74, 6) is -2.67. The summed E-state index contributed by atoms with van der Waals surface area (Å²) >= 11 is 0. The lowest BCUT2D eigenvalue weighted by molar-refractivity contribution is -0.246. The molecule has 0 unspecified atom stereocenters. The maximum absolute atomic E-state index is 14.6. The lowest BCUT2D eigenvalue weighted by Gasteiger charge is -2.51. The van der Waals surface area contributed by atoms with Crippen LogP contribution in [-0.2, 0) is 73.8 Å². The molecule has 28 nitrogen and oxygen atoms in total. The number of hydrogen-bond acceptors (Lipinski definition) is 18. The number of unbranched alkanes of at least 4 members (excludes halogenated alkanes) is 2. The summed E-state index contributed by atoms with van der Waals surface area (Å²) in [7, 11) is 0. The molecule has 10 amide bonds. The molecule has 0 radical (unpaired) electrons. The van der Waals surface area contributed by atoms with E-state index < -0.39 is 118 Å². The quantitative estimate of drug-likeness (QED) is 0.0113. The molecule has 4 saturated heterocycles. The van der Waals surface area contributed by atoms with E-state index in [0.29, 0.717) is 142 Å². The first-order valence-electron chi connectivity index (χ1n) is 45.4. The summed E-state index contributed by atoms with van der Waals surface area (Å²) in [5.41, 5.74) is -0.0900. The van der Waals surface area contributed by atoms with Gasteiger partial charge in [0.25, 0.3) is 0 Å². The molecule has 10 N–H and O–H groups in total. The van der Waals surface area contributed by atoms with E-state index in [2.05, 4.69) is 70.2 Å². The molecular formula is C98H148N12O16. The van der Waals surface area contributed by atoms with Crippen LogP contribution in [0.4, 0.5) is 19.2 Å². The molecule has 0 aromatic heterocycles. The Labute approximate surface area is 748 Å². The molecule has 4 aromatic rings. The highest BCUT2D eigenvalue weighted by molar-refractivity contribution is 5.94. The van der Waals surface area contributed by atoms with Crippen LogP contribution < -0.4 is 42.5 Å². The smallest absolute Gasteiger partial charge is 0.408 e. The third-order valence-corrected chi connectivity index (χ3v) is 23.0. The van der Waals surface area contributed by atoms with Gasteiger partial charge in [-0.3, -0.25) is 28.8 Å². The molecule has 28 heteroatoms. The Balaban J connectivity index is 0.000000346. The molecule has 0 bridgehead atoms. The van der Waals surface area contributed by atoms with Crippen molar-refractivity contribution in [2.75, 3.05) is 26.2 Å². The van der Waals surface area contributed by atoms with Crippen LogP contribution in [0.5, 0.6) is 0 Å². The average molecular weight is 1750 g/mol. The van der Waals surface area contributed by atoms with Gasteiger partial charge in [-0.05, 0) is 247 Å². The van der Waals surface area contributed by atoms with Crippen molar-refractivity contribution in [2.24, 2.45) is 23.7 Å². The van der Waals surface area contributed by atoms with Crippen molar-refractivity contribution in [1.29, 1.82) is 0 Å². The molecule has 4 heterocycles. The van der Waals surface area contributed by atoms with E-state index in [-0.39, 0.29) is 60.8 Å². The van der Waals surface area contributed by atoms with E-state index in [0.717, 1.165) is 22.3 Å². The minimum atomic E-state index is -0.908. The standard InChI is InChI=1S/2C49H74N6O8/c2*1-34(2)29-38(52-46(60)63-47(3,4)5)26-25-37(30-35-19-12-10-13-20-35)44(58)54-28-18-24-41(54)43(57)53-40(42(56)51-39-31-48(6,7)55(61)49(8,9)32-39)23-16-17-27-50-45(59)62-33-36-21-14-11-15-22-36/h2*10-15,19-22,25-26,34,37-41,61H,16-18,23-24,27-33H2,1-9H3,(H,50,59)(H,51,56)(H,52,60)(H,53,57)/b2*26-25+/t2*37-,38-,40+,41+/m11/s1. The number of likely N-dealkylation sites (tertiary alicyclic amines) is 2. The zero-order valence-electron chi connectivity index (χ0n) is 78.2. The fourth-order valence-corrected chi connectivity index (χ4v) is 17.4. The highest BCUT2D eigenvalue weighted by atomic mass is 16.6. The van der Waals surface area contributed by atoms with Gasteiger partial charge < -0.3 is 81.7 Å². The van der Waals surface area contributed by atoms with Crippen LogP contribution >= 0.6 is 0 Å². The molecule has 4 aliphatic rings. The maximum atomic E-state index is 14.6. The summed E-state index contributed by atoms with van der Waals surface area (Å²) in [5, 5.41) is 48.3. The molecule has 4 aliphatic heterocycles. The number of nitrogens with zero attached hydrogens (tertiary/aromatic N) is 4. The minimum absolute atomic E-state index is 0.151. The van der Waals surface area contributed by atoms with E-state index in [4.69, 9.17) is 18.9 Å². The Morgan fingerprint density at radius 2 is 0.738 bits per heavy atom. The number of alkyl carbamates (subject to hydrolysis) is 4. The number of hydrogen-bond donors (Lipinski definition) is 10. The van der Waals surface area contributed by atoms with Crippen LogP contribution in [0.15, 0.2) is 146 Å². The maximum Gasteiger partial charge on any atom is 0.408 e. The molecule has 0 spiro atoms. The van der Waals surface area contributed by atoms with Gasteiger partial charge in [0, 0.05) is 60.4 Å². The first-order chi connectivity index (χ1) is 59.3. The lowest BCUT2D eigenvalue weighted by Crippen LogP contribution is -2.64. The van der Waals surface area contributed by atoms with Gasteiger partial charge in [-0.1, -0.05) is 173 Å². The number of rotatable bonds is 38. The monoisotopic (exact) mass is 1750 g/mol. The Morgan fingerprint density at radius 1 is 0.429 bits per heavy atom. The van der Waals surface area contributed by atoms with Crippen LogP contribution in [0.1, 0.15) is 250 Å². The summed E-state index contributed by atoms with van der Waals surface area (Å²) in [6.07, 6.45) is 14.1. The highest BCUT2D eigenvalue weighted by Gasteiger charge is 2.49. The highest BCUT2D eigenvalue weighted by Crippen LogP contribution is 2.39. The molecule has 8 atom stereocenters. The SMILES string of the molecule is CC(C)C[C@@H](/C=C/[C@H](Cc1ccccc1)C(=O)N1CCC[C@H]1C(=O)N[C@@H](CCCCNC(=O)OCc1ccccc1)C(=O)NC1CC(C)(C)N(O)C(C)(C)C1)NC(=O)OC(C)(C)C.CC(C)C[C@@H](/C=C/[C@H](Cc1ccccc1)C(=O)N1CCC[C@H]1C(=O)N[C@@H](CCCCNC(=O)OCc1ccccc1)C(=O)NC1CC(C)(C)N(O)C(C)(C)C1)NC(=O)OC(C)(C)C. The van der Waals surface area contributed by atoms with Crippen LogP contribution in [-0.4, -0.2) is 198 Å². The van der Waals surface area contributed by atoms with Crippen molar-refractivity contribution in [1.82, 2.24) is 62.5 Å². The predicted molar refractivity (Wildman–Crippen MR) is 487 cm³/mol. The second-order valence-corrected chi connectivity index (χ2v) is 39.7. The summed E-state index contributed by atoms with van der Waals surface area (Å²) in [6.45, 7) is 36.2. The van der Waals surface area contributed by atoms with Crippen LogP contribution in [0.3, 0.4) is 0 Å². The van der Waals surface area contributed by atoms with Gasteiger partial charge in [0.15, 0.2) is 0 Å². The summed E-state index contributed by atoms with van der Waals surface area (Å²) in [4.78, 5) is 140. The molecular weight excluding hydrogens is 1600 g/mol. The Kier molecular flexibility index (Phi) is 39.6. The van der Waals surface area contributed by atoms with Crippen molar-refractivity contribution >= 4 is 59.8 Å². The van der Waals surface area contributed by atoms with Gasteiger partial charge in [-0.25, -0.2) is 19.2 Å². The number of amides is 10. The molecule has 4 fully saturated rings. The topological polar surface area (TPSA) is 357 Å². The van der Waals surface area contributed by atoms with E-state index in [1.165, 1.54) is 10.1 Å². The van der Waals surface area contributed by atoms with Gasteiger partial charge in [0.1, 0.15) is 48.6 Å². The molecule has 8 rings (SSSR count). The zero-order valence-corrected chi connectivity index (χ0v) is 78.2. The van der Waals surface area contributed by atoms with Crippen molar-refractivity contribution in [3.63, 3.8) is 0 Å². The van der Waals surface area contributed by atoms with Crippen LogP contribution in [0.25, 0.3) is 0 Å². The van der Waals surface area contributed by atoms with Gasteiger partial charge in [-0.2, -0.15) is 10.1 Å². The molecule has 696 valence electrons. The van der Waals surface area contributed by atoms with E-state index in [9.17, 15) is 58.4 Å². The number of hydroxylamine groups is 4. The Bertz CT molecular complexity index is 3890. The minimum Gasteiger partial charge on any atom is -0.445 e. The number of piperidine rings is 2. The number of benzene rings is 4. The van der Waals surface area contributed by atoms with Gasteiger partial charge in [0.05, 0.1) is 23.9 Å². The van der Waals surface area contributed by atoms with E-state index in [1.807, 2.05) is 201 Å². The first kappa shape index (κ1) is 103. The molecule has 0 aliphatic carbocycles. The summed E-state index contributed by atoms with van der Waals surface area (Å²) < 4.78 is 21.7. The number of carbonyl (C=O) groups is 10. The average Bonchev–Trinajstić information content (AvgIpc) is 1.04. The first-order valence-corrected chi connectivity index (χ1v) is 45.4. The Hall–Kier alpha value is -9.90. The lowest BCUT2D eigenvalue weighted by atomic mass is 9.79. The fraction of sp³-hybridized carbons (Fsp3) is 0.612. The van der Waals surface area contributed by atoms with Crippen LogP contribution in [0, 0.1) is 23.7 Å². The number of nitrogens with one attached hydrogen (secondary N) is 8. The fourth-order valence-electron chi connectivity index (χ4n) is 17.4. The van der Waals surface area contributed by atoms with Crippen molar-refractivity contribution < 1.29 is 77.3 Å². The van der Waals surface area contributed by atoms with Gasteiger partial charge in [-0.15, -0.1) is 0 Å². The van der Waals surface area contributed by atoms with E-state index >= 15 is 0 Å². The predicted octanol–water partition coefficient (Wildman–Crippen LogP) is 14.9. The van der Waals surface area contributed by atoms with Crippen molar-refractivity contribution in [2.45, 2.75) is 335 Å². The molecule has 0 saturated carbocycles. The second kappa shape index (κ2) is 48.3.